The molecule has 3 nitrogen and oxygen atoms in total. The van der Waals surface area contributed by atoms with Gasteiger partial charge in [-0.1, -0.05) is 37.6 Å². The van der Waals surface area contributed by atoms with Crippen LogP contribution in [0.2, 0.25) is 5.15 Å². The lowest BCUT2D eigenvalue weighted by atomic mass is 10.0. The Bertz CT molecular complexity index is 579. The Kier molecular flexibility index (Phi) is 4.17. The second kappa shape index (κ2) is 5.85. The van der Waals surface area contributed by atoms with E-state index in [1.165, 1.54) is 11.8 Å². The van der Waals surface area contributed by atoms with Gasteiger partial charge in [0.1, 0.15) is 5.15 Å². The first kappa shape index (κ1) is 13.6. The zero-order chi connectivity index (χ0) is 13.8. The molecule has 0 spiro atoms. The van der Waals surface area contributed by atoms with Crippen molar-refractivity contribution >= 4 is 23.2 Å². The molecule has 0 aliphatic carbocycles. The van der Waals surface area contributed by atoms with Gasteiger partial charge in [0.25, 0.3) is 5.91 Å². The first-order valence-corrected chi connectivity index (χ1v) is 6.47. The lowest BCUT2D eigenvalue weighted by Crippen LogP contribution is -2.12. The zero-order valence-corrected chi connectivity index (χ0v) is 11.6. The third-order valence-electron chi connectivity index (χ3n) is 2.80. The normalized spacial score (nSPS) is 10.5. The van der Waals surface area contributed by atoms with E-state index >= 15 is 0 Å². The summed E-state index contributed by atoms with van der Waals surface area (Å²) in [4.78, 5) is 15.9. The summed E-state index contributed by atoms with van der Waals surface area (Å²) in [5.41, 5.74) is 2.46. The van der Waals surface area contributed by atoms with Crippen LogP contribution in [-0.2, 0) is 0 Å². The Morgan fingerprint density at radius 2 is 2.05 bits per heavy atom. The Morgan fingerprint density at radius 3 is 2.68 bits per heavy atom. The summed E-state index contributed by atoms with van der Waals surface area (Å²) in [6, 6.07) is 11.1. The highest BCUT2D eigenvalue weighted by Crippen LogP contribution is 2.19. The summed E-state index contributed by atoms with van der Waals surface area (Å²) in [7, 11) is 0. The molecule has 98 valence electrons. The summed E-state index contributed by atoms with van der Waals surface area (Å²) < 4.78 is 0. The molecule has 4 heteroatoms. The summed E-state index contributed by atoms with van der Waals surface area (Å²) in [5.74, 6) is 0.235. The number of nitrogens with zero attached hydrogens (tertiary/aromatic N) is 1. The maximum Gasteiger partial charge on any atom is 0.257 e. The molecule has 0 unspecified atom stereocenters. The van der Waals surface area contributed by atoms with Crippen LogP contribution in [0.25, 0.3) is 0 Å². The minimum atomic E-state index is -0.190. The van der Waals surface area contributed by atoms with Gasteiger partial charge in [0.2, 0.25) is 0 Å². The molecular weight excluding hydrogens is 260 g/mol. The third kappa shape index (κ3) is 3.55. The first-order chi connectivity index (χ1) is 9.06. The van der Waals surface area contributed by atoms with E-state index in [0.717, 1.165) is 5.69 Å². The molecule has 0 aliphatic rings. The van der Waals surface area contributed by atoms with E-state index in [4.69, 9.17) is 11.6 Å². The van der Waals surface area contributed by atoms with E-state index in [1.54, 1.807) is 12.1 Å². The Morgan fingerprint density at radius 1 is 1.26 bits per heavy atom. The quantitative estimate of drug-likeness (QED) is 0.856. The van der Waals surface area contributed by atoms with E-state index in [2.05, 4.69) is 24.1 Å². The minimum absolute atomic E-state index is 0.190. The second-order valence-corrected chi connectivity index (χ2v) is 4.99. The third-order valence-corrected chi connectivity index (χ3v) is 3.02. The first-order valence-electron chi connectivity index (χ1n) is 6.09. The van der Waals surface area contributed by atoms with Gasteiger partial charge in [0.15, 0.2) is 0 Å². The van der Waals surface area contributed by atoms with Gasteiger partial charge in [-0.25, -0.2) is 4.98 Å². The minimum Gasteiger partial charge on any atom is -0.322 e. The summed E-state index contributed by atoms with van der Waals surface area (Å²) >= 11 is 5.69. The SMILES string of the molecule is CC(C)c1cccc(NC(=O)c2ccc(Cl)nc2)c1. The van der Waals surface area contributed by atoms with Crippen molar-refractivity contribution in [1.29, 1.82) is 0 Å². The fraction of sp³-hybridized carbons (Fsp3) is 0.200. The number of anilines is 1. The van der Waals surface area contributed by atoms with Gasteiger partial charge in [-0.2, -0.15) is 0 Å². The highest BCUT2D eigenvalue weighted by atomic mass is 35.5. The molecule has 1 N–H and O–H groups in total. The van der Waals surface area contributed by atoms with Crippen molar-refractivity contribution in [2.75, 3.05) is 5.32 Å². The van der Waals surface area contributed by atoms with Crippen LogP contribution in [0, 0.1) is 0 Å². The average molecular weight is 275 g/mol. The predicted molar refractivity (Wildman–Crippen MR) is 77.7 cm³/mol. The Balaban J connectivity index is 2.14. The number of rotatable bonds is 3. The van der Waals surface area contributed by atoms with Crippen LogP contribution in [0.15, 0.2) is 42.6 Å². The van der Waals surface area contributed by atoms with Crippen LogP contribution in [0.4, 0.5) is 5.69 Å². The largest absolute Gasteiger partial charge is 0.322 e. The molecule has 0 bridgehead atoms. The van der Waals surface area contributed by atoms with Crippen LogP contribution >= 0.6 is 11.6 Å². The van der Waals surface area contributed by atoms with Crippen LogP contribution in [-0.4, -0.2) is 10.9 Å². The smallest absolute Gasteiger partial charge is 0.257 e. The molecule has 1 aromatic carbocycles. The molecule has 2 aromatic rings. The fourth-order valence-electron chi connectivity index (χ4n) is 1.69. The number of aromatic nitrogens is 1. The summed E-state index contributed by atoms with van der Waals surface area (Å²) in [6.45, 7) is 4.23. The number of carbonyl (C=O) groups excluding carboxylic acids is 1. The topological polar surface area (TPSA) is 42.0 Å². The van der Waals surface area contributed by atoms with Crippen molar-refractivity contribution in [2.24, 2.45) is 0 Å². The standard InChI is InChI=1S/C15H15ClN2O/c1-10(2)11-4-3-5-13(8-11)18-15(19)12-6-7-14(16)17-9-12/h3-10H,1-2H3,(H,18,19). The van der Waals surface area contributed by atoms with Crippen molar-refractivity contribution in [2.45, 2.75) is 19.8 Å². The molecule has 1 amide bonds. The predicted octanol–water partition coefficient (Wildman–Crippen LogP) is 4.11. The van der Waals surface area contributed by atoms with Gasteiger partial charge < -0.3 is 5.32 Å². The molecule has 1 aromatic heterocycles. The van der Waals surface area contributed by atoms with Gasteiger partial charge in [-0.3, -0.25) is 4.79 Å². The summed E-state index contributed by atoms with van der Waals surface area (Å²) in [5, 5.41) is 3.22. The average Bonchev–Trinajstić information content (AvgIpc) is 2.39. The molecule has 0 atom stereocenters. The van der Waals surface area contributed by atoms with Crippen molar-refractivity contribution in [3.8, 4) is 0 Å². The number of halogens is 1. The van der Waals surface area contributed by atoms with Gasteiger partial charge in [-0.15, -0.1) is 0 Å². The number of carbonyl (C=O) groups is 1. The van der Waals surface area contributed by atoms with Crippen LogP contribution in [0.1, 0.15) is 35.7 Å². The van der Waals surface area contributed by atoms with E-state index in [1.807, 2.05) is 24.3 Å². The monoisotopic (exact) mass is 274 g/mol. The van der Waals surface area contributed by atoms with Crippen molar-refractivity contribution < 1.29 is 4.79 Å². The molecule has 1 heterocycles. The van der Waals surface area contributed by atoms with E-state index in [0.29, 0.717) is 16.6 Å². The number of hydrogen-bond donors (Lipinski definition) is 1. The molecule has 0 fully saturated rings. The number of benzene rings is 1. The van der Waals surface area contributed by atoms with Crippen LogP contribution in [0.5, 0.6) is 0 Å². The number of amides is 1. The maximum absolute atomic E-state index is 12.0. The number of hydrogen-bond acceptors (Lipinski definition) is 2. The molecule has 19 heavy (non-hydrogen) atoms. The van der Waals surface area contributed by atoms with E-state index in [9.17, 15) is 4.79 Å². The Hall–Kier alpha value is -1.87. The maximum atomic E-state index is 12.0. The molecule has 2 rings (SSSR count). The molecule has 0 aliphatic heterocycles. The highest BCUT2D eigenvalue weighted by Gasteiger charge is 2.07. The highest BCUT2D eigenvalue weighted by molar-refractivity contribution is 6.29. The second-order valence-electron chi connectivity index (χ2n) is 4.60. The van der Waals surface area contributed by atoms with Crippen molar-refractivity contribution in [1.82, 2.24) is 4.98 Å². The van der Waals surface area contributed by atoms with Gasteiger partial charge in [0.05, 0.1) is 5.56 Å². The zero-order valence-electron chi connectivity index (χ0n) is 10.9. The van der Waals surface area contributed by atoms with Crippen LogP contribution in [0.3, 0.4) is 0 Å². The lowest BCUT2D eigenvalue weighted by molar-refractivity contribution is 0.102. The van der Waals surface area contributed by atoms with Gasteiger partial charge in [-0.05, 0) is 35.7 Å². The van der Waals surface area contributed by atoms with E-state index in [-0.39, 0.29) is 5.91 Å². The summed E-state index contributed by atoms with van der Waals surface area (Å²) in [6.07, 6.45) is 1.46. The number of pyridine rings is 1. The van der Waals surface area contributed by atoms with Crippen LogP contribution < -0.4 is 5.32 Å². The Labute approximate surface area is 117 Å². The van der Waals surface area contributed by atoms with Gasteiger partial charge in [0, 0.05) is 11.9 Å². The van der Waals surface area contributed by atoms with Crippen molar-refractivity contribution in [3.05, 3.63) is 58.9 Å². The number of nitrogens with one attached hydrogen (secondary N) is 1. The fourth-order valence-corrected chi connectivity index (χ4v) is 1.80. The lowest BCUT2D eigenvalue weighted by Gasteiger charge is -2.09. The molecule has 0 saturated carbocycles. The molecule has 0 radical (unpaired) electrons. The molecule has 0 saturated heterocycles. The van der Waals surface area contributed by atoms with Gasteiger partial charge >= 0.3 is 0 Å². The van der Waals surface area contributed by atoms with Crippen molar-refractivity contribution in [3.63, 3.8) is 0 Å². The van der Waals surface area contributed by atoms with E-state index < -0.39 is 0 Å². The molecular formula is C15H15ClN2O.